The van der Waals surface area contributed by atoms with E-state index in [-0.39, 0.29) is 0 Å². The lowest BCUT2D eigenvalue weighted by molar-refractivity contribution is 1.48. The van der Waals surface area contributed by atoms with Gasteiger partial charge in [0.05, 0.1) is 5.56 Å². The molecule has 0 saturated carbocycles. The van der Waals surface area contributed by atoms with E-state index in [2.05, 4.69) is 6.07 Å². The average Bonchev–Trinajstić information content (AvgIpc) is 2.40. The van der Waals surface area contributed by atoms with Gasteiger partial charge in [-0.05, 0) is 25.1 Å². The highest BCUT2D eigenvalue weighted by Crippen LogP contribution is 2.31. The SMILES string of the molecule is Cc1sc2ccc(Cl)cc2c1C#N. The van der Waals surface area contributed by atoms with Crippen LogP contribution in [0.2, 0.25) is 5.02 Å². The standard InChI is InChI=1S/C10H6ClNS/c1-6-9(5-12)8-4-7(11)2-3-10(8)13-6/h2-4H,1H3. The quantitative estimate of drug-likeness (QED) is 0.646. The summed E-state index contributed by atoms with van der Waals surface area (Å²) in [7, 11) is 0. The van der Waals surface area contributed by atoms with Crippen molar-refractivity contribution < 1.29 is 0 Å². The first-order chi connectivity index (χ1) is 6.22. The molecule has 2 aromatic rings. The molecule has 13 heavy (non-hydrogen) atoms. The lowest BCUT2D eigenvalue weighted by Crippen LogP contribution is -1.72. The Morgan fingerprint density at radius 3 is 2.92 bits per heavy atom. The number of fused-ring (bicyclic) bond motifs is 1. The third-order valence-corrected chi connectivity index (χ3v) is 3.26. The Morgan fingerprint density at radius 1 is 1.46 bits per heavy atom. The Bertz CT molecular complexity index is 507. The first-order valence-electron chi connectivity index (χ1n) is 3.81. The lowest BCUT2D eigenvalue weighted by Gasteiger charge is -1.90. The molecule has 0 fully saturated rings. The highest BCUT2D eigenvalue weighted by atomic mass is 35.5. The summed E-state index contributed by atoms with van der Waals surface area (Å²) in [6.45, 7) is 1.96. The van der Waals surface area contributed by atoms with Crippen LogP contribution in [0.15, 0.2) is 18.2 Å². The van der Waals surface area contributed by atoms with E-state index in [9.17, 15) is 0 Å². The van der Waals surface area contributed by atoms with Crippen LogP contribution in [0.5, 0.6) is 0 Å². The molecule has 1 aromatic carbocycles. The number of benzene rings is 1. The second kappa shape index (κ2) is 3.02. The summed E-state index contributed by atoms with van der Waals surface area (Å²) in [4.78, 5) is 1.06. The molecule has 0 amide bonds. The number of aryl methyl sites for hydroxylation is 1. The number of thiophene rings is 1. The van der Waals surface area contributed by atoms with Gasteiger partial charge in [-0.25, -0.2) is 0 Å². The van der Waals surface area contributed by atoms with Crippen LogP contribution in [0.3, 0.4) is 0 Å². The van der Waals surface area contributed by atoms with Crippen molar-refractivity contribution in [3.8, 4) is 6.07 Å². The molecule has 0 spiro atoms. The number of nitriles is 1. The molecule has 0 unspecified atom stereocenters. The summed E-state index contributed by atoms with van der Waals surface area (Å²) < 4.78 is 1.12. The molecule has 3 heteroatoms. The number of rotatable bonds is 0. The summed E-state index contributed by atoms with van der Waals surface area (Å²) in [6, 6.07) is 7.85. The maximum Gasteiger partial charge on any atom is 0.101 e. The molecule has 1 nitrogen and oxygen atoms in total. The van der Waals surface area contributed by atoms with Crippen molar-refractivity contribution >= 4 is 33.0 Å². The van der Waals surface area contributed by atoms with Crippen molar-refractivity contribution in [2.24, 2.45) is 0 Å². The van der Waals surface area contributed by atoms with Crippen molar-refractivity contribution in [3.63, 3.8) is 0 Å². The minimum Gasteiger partial charge on any atom is -0.192 e. The molecular formula is C10H6ClNS. The maximum absolute atomic E-state index is 8.91. The summed E-state index contributed by atoms with van der Waals surface area (Å²) in [5, 5.41) is 10.6. The zero-order valence-corrected chi connectivity index (χ0v) is 8.54. The Balaban J connectivity index is 2.91. The van der Waals surface area contributed by atoms with Crippen LogP contribution < -0.4 is 0 Å². The highest BCUT2D eigenvalue weighted by Gasteiger charge is 2.07. The molecular weight excluding hydrogens is 202 g/mol. The van der Waals surface area contributed by atoms with Gasteiger partial charge >= 0.3 is 0 Å². The van der Waals surface area contributed by atoms with Crippen LogP contribution in [0.1, 0.15) is 10.4 Å². The minimum absolute atomic E-state index is 0.682. The molecule has 0 aliphatic rings. The molecule has 1 heterocycles. The largest absolute Gasteiger partial charge is 0.192 e. The topological polar surface area (TPSA) is 23.8 Å². The van der Waals surface area contributed by atoms with Crippen LogP contribution in [-0.4, -0.2) is 0 Å². The Morgan fingerprint density at radius 2 is 2.23 bits per heavy atom. The molecule has 0 atom stereocenters. The van der Waals surface area contributed by atoms with Crippen molar-refractivity contribution in [1.29, 1.82) is 5.26 Å². The maximum atomic E-state index is 8.91. The Labute approximate surface area is 85.2 Å². The zero-order valence-electron chi connectivity index (χ0n) is 6.97. The third-order valence-electron chi connectivity index (χ3n) is 1.94. The predicted octanol–water partition coefficient (Wildman–Crippen LogP) is 3.73. The first kappa shape index (κ1) is 8.55. The fourth-order valence-electron chi connectivity index (χ4n) is 1.33. The second-order valence-corrected chi connectivity index (χ2v) is 4.48. The average molecular weight is 208 g/mol. The van der Waals surface area contributed by atoms with E-state index in [1.54, 1.807) is 11.3 Å². The molecule has 0 radical (unpaired) electrons. The minimum atomic E-state index is 0.682. The molecule has 0 N–H and O–H groups in total. The van der Waals surface area contributed by atoms with Gasteiger partial charge in [0, 0.05) is 20.0 Å². The first-order valence-corrected chi connectivity index (χ1v) is 5.00. The van der Waals surface area contributed by atoms with Crippen molar-refractivity contribution in [2.75, 3.05) is 0 Å². The van der Waals surface area contributed by atoms with Crippen LogP contribution in [0.4, 0.5) is 0 Å². The number of hydrogen-bond donors (Lipinski definition) is 0. The highest BCUT2D eigenvalue weighted by molar-refractivity contribution is 7.19. The number of halogens is 1. The fraction of sp³-hybridized carbons (Fsp3) is 0.100. The Kier molecular flexibility index (Phi) is 1.99. The Hall–Kier alpha value is -1.04. The summed E-state index contributed by atoms with van der Waals surface area (Å²) >= 11 is 7.48. The van der Waals surface area contributed by atoms with Crippen molar-refractivity contribution in [2.45, 2.75) is 6.92 Å². The summed E-state index contributed by atoms with van der Waals surface area (Å²) in [5.41, 5.74) is 0.752. The van der Waals surface area contributed by atoms with E-state index < -0.39 is 0 Å². The number of hydrogen-bond acceptors (Lipinski definition) is 2. The van der Waals surface area contributed by atoms with Gasteiger partial charge in [0.15, 0.2) is 0 Å². The zero-order chi connectivity index (χ0) is 9.42. The van der Waals surface area contributed by atoms with Gasteiger partial charge < -0.3 is 0 Å². The van der Waals surface area contributed by atoms with Crippen molar-refractivity contribution in [3.05, 3.63) is 33.7 Å². The van der Waals surface area contributed by atoms with Gasteiger partial charge in [-0.1, -0.05) is 11.6 Å². The predicted molar refractivity (Wildman–Crippen MR) is 56.3 cm³/mol. The second-order valence-electron chi connectivity index (χ2n) is 2.79. The van der Waals surface area contributed by atoms with Crippen LogP contribution in [0.25, 0.3) is 10.1 Å². The molecule has 0 saturated heterocycles. The normalized spacial score (nSPS) is 10.2. The van der Waals surface area contributed by atoms with E-state index in [0.717, 1.165) is 20.5 Å². The van der Waals surface area contributed by atoms with Crippen LogP contribution in [-0.2, 0) is 0 Å². The molecule has 1 aromatic heterocycles. The molecule has 0 bridgehead atoms. The lowest BCUT2D eigenvalue weighted by atomic mass is 10.1. The van der Waals surface area contributed by atoms with Crippen molar-refractivity contribution in [1.82, 2.24) is 0 Å². The van der Waals surface area contributed by atoms with E-state index in [1.165, 1.54) is 0 Å². The van der Waals surface area contributed by atoms with E-state index in [1.807, 2.05) is 25.1 Å². The van der Waals surface area contributed by atoms with Crippen LogP contribution in [0, 0.1) is 18.3 Å². The van der Waals surface area contributed by atoms with Gasteiger partial charge in [0.1, 0.15) is 6.07 Å². The molecule has 64 valence electrons. The summed E-state index contributed by atoms with van der Waals surface area (Å²) in [5.74, 6) is 0. The third kappa shape index (κ3) is 1.31. The van der Waals surface area contributed by atoms with Gasteiger partial charge in [-0.2, -0.15) is 5.26 Å². The number of nitrogens with zero attached hydrogens (tertiary/aromatic N) is 1. The molecule has 0 aliphatic carbocycles. The van der Waals surface area contributed by atoms with Gasteiger partial charge in [0.25, 0.3) is 0 Å². The van der Waals surface area contributed by atoms with Gasteiger partial charge in [-0.3, -0.25) is 0 Å². The van der Waals surface area contributed by atoms with E-state index >= 15 is 0 Å². The molecule has 2 rings (SSSR count). The fourth-order valence-corrected chi connectivity index (χ4v) is 2.50. The molecule has 0 aliphatic heterocycles. The van der Waals surface area contributed by atoms with E-state index in [0.29, 0.717) is 5.02 Å². The van der Waals surface area contributed by atoms with Gasteiger partial charge in [0.2, 0.25) is 0 Å². The smallest absolute Gasteiger partial charge is 0.101 e. The van der Waals surface area contributed by atoms with Crippen LogP contribution >= 0.6 is 22.9 Å². The summed E-state index contributed by atoms with van der Waals surface area (Å²) in [6.07, 6.45) is 0. The van der Waals surface area contributed by atoms with Gasteiger partial charge in [-0.15, -0.1) is 11.3 Å². The monoisotopic (exact) mass is 207 g/mol. The van der Waals surface area contributed by atoms with E-state index in [4.69, 9.17) is 16.9 Å².